The number of allylic oxidation sites excluding steroid dienone is 2. The van der Waals surface area contributed by atoms with Crippen LogP contribution in [0.15, 0.2) is 42.6 Å². The number of hydrogen-bond donors (Lipinski definition) is 3. The average Bonchev–Trinajstić information content (AvgIpc) is 2.64. The lowest BCUT2D eigenvalue weighted by molar-refractivity contribution is 0.126. The Morgan fingerprint density at radius 2 is 1.92 bits per heavy atom. The molecule has 5 heteroatoms. The molecule has 0 radical (unpaired) electrons. The lowest BCUT2D eigenvalue weighted by Gasteiger charge is -2.27. The Kier molecular flexibility index (Phi) is 4.17. The van der Waals surface area contributed by atoms with Crippen LogP contribution in [0.25, 0.3) is 16.5 Å². The smallest absolute Gasteiger partial charge is 0.163 e. The molecule has 0 unspecified atom stereocenters. The molecule has 1 aromatic carbocycles. The Morgan fingerprint density at radius 3 is 2.71 bits per heavy atom. The minimum absolute atomic E-state index is 0.149. The normalized spacial score (nSPS) is 23.6. The number of benzene rings is 1. The third kappa shape index (κ3) is 3.12. The first-order valence-corrected chi connectivity index (χ1v) is 8.61. The molecule has 1 fully saturated rings. The van der Waals surface area contributed by atoms with Crippen molar-refractivity contribution in [3.05, 3.63) is 48.4 Å². The number of nitrogens with zero attached hydrogens (tertiary/aromatic N) is 2. The van der Waals surface area contributed by atoms with Crippen molar-refractivity contribution in [2.45, 2.75) is 37.8 Å². The largest absolute Gasteiger partial charge is 0.393 e. The number of hydrogen-bond acceptors (Lipinski definition) is 5. The molecule has 2 aromatic rings. The first kappa shape index (κ1) is 15.1. The fourth-order valence-electron chi connectivity index (χ4n) is 3.34. The topological polar surface area (TPSA) is 70.1 Å². The summed E-state index contributed by atoms with van der Waals surface area (Å²) < 4.78 is 0. The van der Waals surface area contributed by atoms with Crippen LogP contribution < -0.4 is 10.6 Å². The summed E-state index contributed by atoms with van der Waals surface area (Å²) in [6.45, 7) is 0.840. The van der Waals surface area contributed by atoms with Crippen molar-refractivity contribution >= 4 is 22.3 Å². The van der Waals surface area contributed by atoms with Gasteiger partial charge in [0.05, 0.1) is 11.6 Å². The third-order valence-electron chi connectivity index (χ3n) is 4.69. The van der Waals surface area contributed by atoms with Gasteiger partial charge in [-0.3, -0.25) is 0 Å². The van der Waals surface area contributed by atoms with Crippen LogP contribution in [-0.4, -0.2) is 33.8 Å². The van der Waals surface area contributed by atoms with E-state index in [1.54, 1.807) is 0 Å². The van der Waals surface area contributed by atoms with E-state index in [4.69, 9.17) is 9.97 Å². The van der Waals surface area contributed by atoms with Gasteiger partial charge in [0.1, 0.15) is 5.82 Å². The maximum Gasteiger partial charge on any atom is 0.163 e. The maximum atomic E-state index is 9.70. The van der Waals surface area contributed by atoms with E-state index < -0.39 is 0 Å². The van der Waals surface area contributed by atoms with Crippen LogP contribution in [0.1, 0.15) is 31.5 Å². The summed E-state index contributed by atoms with van der Waals surface area (Å²) in [7, 11) is 0. The van der Waals surface area contributed by atoms with Crippen LogP contribution in [0.2, 0.25) is 0 Å². The van der Waals surface area contributed by atoms with E-state index in [0.29, 0.717) is 6.04 Å². The van der Waals surface area contributed by atoms with E-state index in [1.807, 2.05) is 24.4 Å². The predicted molar refractivity (Wildman–Crippen MR) is 96.5 cm³/mol. The molecule has 1 aliphatic carbocycles. The molecule has 124 valence electrons. The highest BCUT2D eigenvalue weighted by atomic mass is 16.3. The predicted octanol–water partition coefficient (Wildman–Crippen LogP) is 2.85. The maximum absolute atomic E-state index is 9.70. The zero-order valence-electron chi connectivity index (χ0n) is 13.6. The quantitative estimate of drug-likeness (QED) is 0.810. The van der Waals surface area contributed by atoms with Gasteiger partial charge in [0.25, 0.3) is 0 Å². The highest BCUT2D eigenvalue weighted by molar-refractivity contribution is 5.90. The van der Waals surface area contributed by atoms with E-state index in [2.05, 4.69) is 28.9 Å². The van der Waals surface area contributed by atoms with Gasteiger partial charge in [0.2, 0.25) is 0 Å². The Balaban J connectivity index is 1.69. The lowest BCUT2D eigenvalue weighted by Crippen LogP contribution is -2.28. The van der Waals surface area contributed by atoms with Gasteiger partial charge in [-0.15, -0.1) is 0 Å². The summed E-state index contributed by atoms with van der Waals surface area (Å²) in [6, 6.07) is 8.46. The molecule has 2 aliphatic rings. The Labute approximate surface area is 141 Å². The van der Waals surface area contributed by atoms with Gasteiger partial charge in [0, 0.05) is 29.7 Å². The van der Waals surface area contributed by atoms with Crippen molar-refractivity contribution in [2.24, 2.45) is 0 Å². The first-order chi connectivity index (χ1) is 11.8. The zero-order chi connectivity index (χ0) is 16.4. The number of aliphatic hydroxyl groups excluding tert-OH is 1. The summed E-state index contributed by atoms with van der Waals surface area (Å²) in [5, 5.41) is 17.5. The molecule has 0 bridgehead atoms. The number of para-hydroxylation sites is 1. The lowest BCUT2D eigenvalue weighted by atomic mass is 9.93. The average molecular weight is 322 g/mol. The van der Waals surface area contributed by atoms with Crippen molar-refractivity contribution < 1.29 is 5.11 Å². The van der Waals surface area contributed by atoms with Gasteiger partial charge in [-0.1, -0.05) is 24.3 Å². The standard InChI is InChI=1S/C19H22N4O/c24-15-9-7-14(8-10-15)21-19-16-5-1-2-6-17(16)22-18(23-19)13-4-3-11-20-12-13/h1-6,12,14-15,20,24H,7-11H2,(H,21,22,23). The number of aliphatic hydroxyl groups is 1. The van der Waals surface area contributed by atoms with E-state index in [9.17, 15) is 5.11 Å². The molecule has 0 atom stereocenters. The number of dihydropyridines is 1. The van der Waals surface area contributed by atoms with Crippen LogP contribution >= 0.6 is 0 Å². The van der Waals surface area contributed by atoms with Crippen LogP contribution in [0.3, 0.4) is 0 Å². The molecule has 0 saturated heterocycles. The minimum Gasteiger partial charge on any atom is -0.393 e. The van der Waals surface area contributed by atoms with Gasteiger partial charge in [-0.2, -0.15) is 0 Å². The molecule has 4 rings (SSSR count). The number of rotatable bonds is 3. The van der Waals surface area contributed by atoms with Gasteiger partial charge >= 0.3 is 0 Å². The number of nitrogens with one attached hydrogen (secondary N) is 2. The van der Waals surface area contributed by atoms with E-state index in [1.165, 1.54) is 0 Å². The van der Waals surface area contributed by atoms with Gasteiger partial charge < -0.3 is 15.7 Å². The molecule has 2 heterocycles. The van der Waals surface area contributed by atoms with Crippen molar-refractivity contribution in [2.75, 3.05) is 11.9 Å². The molecular weight excluding hydrogens is 300 g/mol. The third-order valence-corrected chi connectivity index (χ3v) is 4.69. The van der Waals surface area contributed by atoms with Crippen molar-refractivity contribution in [1.82, 2.24) is 15.3 Å². The van der Waals surface area contributed by atoms with Gasteiger partial charge in [0.15, 0.2) is 5.82 Å². The molecular formula is C19H22N4O. The van der Waals surface area contributed by atoms with Crippen molar-refractivity contribution in [3.8, 4) is 0 Å². The van der Waals surface area contributed by atoms with Crippen LogP contribution in [-0.2, 0) is 0 Å². The van der Waals surface area contributed by atoms with Crippen molar-refractivity contribution in [3.63, 3.8) is 0 Å². The molecule has 1 aliphatic heterocycles. The van der Waals surface area contributed by atoms with E-state index in [-0.39, 0.29) is 6.10 Å². The Hall–Kier alpha value is -2.40. The molecule has 0 spiro atoms. The van der Waals surface area contributed by atoms with E-state index in [0.717, 1.165) is 60.3 Å². The minimum atomic E-state index is -0.149. The zero-order valence-corrected chi connectivity index (χ0v) is 13.6. The molecule has 24 heavy (non-hydrogen) atoms. The van der Waals surface area contributed by atoms with Crippen LogP contribution in [0.4, 0.5) is 5.82 Å². The first-order valence-electron chi connectivity index (χ1n) is 8.61. The number of aromatic nitrogens is 2. The summed E-state index contributed by atoms with van der Waals surface area (Å²) in [5.41, 5.74) is 1.94. The second-order valence-corrected chi connectivity index (χ2v) is 6.47. The molecule has 3 N–H and O–H groups in total. The Bertz CT molecular complexity index is 791. The van der Waals surface area contributed by atoms with Gasteiger partial charge in [-0.05, 0) is 37.8 Å². The SMILES string of the molecule is OC1CCC(Nc2nc(C3=CNCC=C3)nc3ccccc23)CC1. The summed E-state index contributed by atoms with van der Waals surface area (Å²) in [6.07, 6.45) is 9.59. The fraction of sp³-hybridized carbons (Fsp3) is 0.368. The Morgan fingerprint density at radius 1 is 1.08 bits per heavy atom. The number of anilines is 1. The van der Waals surface area contributed by atoms with Crippen molar-refractivity contribution in [1.29, 1.82) is 0 Å². The van der Waals surface area contributed by atoms with Gasteiger partial charge in [-0.25, -0.2) is 9.97 Å². The highest BCUT2D eigenvalue weighted by Crippen LogP contribution is 2.27. The highest BCUT2D eigenvalue weighted by Gasteiger charge is 2.21. The monoisotopic (exact) mass is 322 g/mol. The summed E-state index contributed by atoms with van der Waals surface area (Å²) in [5.74, 6) is 1.62. The molecule has 1 saturated carbocycles. The number of fused-ring (bicyclic) bond motifs is 1. The van der Waals surface area contributed by atoms with Crippen LogP contribution in [0, 0.1) is 0 Å². The molecule has 0 amide bonds. The summed E-state index contributed by atoms with van der Waals surface area (Å²) >= 11 is 0. The van der Waals surface area contributed by atoms with E-state index >= 15 is 0 Å². The fourth-order valence-corrected chi connectivity index (χ4v) is 3.34. The second-order valence-electron chi connectivity index (χ2n) is 6.47. The van der Waals surface area contributed by atoms with Crippen LogP contribution in [0.5, 0.6) is 0 Å². The molecule has 5 nitrogen and oxygen atoms in total. The second kappa shape index (κ2) is 6.61. The molecule has 1 aromatic heterocycles. The summed E-state index contributed by atoms with van der Waals surface area (Å²) in [4.78, 5) is 9.51.